The summed E-state index contributed by atoms with van der Waals surface area (Å²) in [6.07, 6.45) is 3.64. The van der Waals surface area contributed by atoms with Crippen molar-refractivity contribution in [2.75, 3.05) is 19.6 Å². The smallest absolute Gasteiger partial charge is 0.242 e. The average molecular weight is 297 g/mol. The van der Waals surface area contributed by atoms with E-state index in [9.17, 15) is 9.59 Å². The fourth-order valence-corrected chi connectivity index (χ4v) is 2.85. The topological polar surface area (TPSA) is 75.4 Å². The molecule has 1 aliphatic heterocycles. The van der Waals surface area contributed by atoms with E-state index >= 15 is 0 Å². The van der Waals surface area contributed by atoms with Gasteiger partial charge in [-0.05, 0) is 32.1 Å². The van der Waals surface area contributed by atoms with Gasteiger partial charge in [-0.15, -0.1) is 0 Å². The number of nitrogens with zero attached hydrogens (tertiary/aromatic N) is 1. The maximum atomic E-state index is 12.5. The van der Waals surface area contributed by atoms with Gasteiger partial charge < -0.3 is 16.0 Å². The lowest BCUT2D eigenvalue weighted by atomic mass is 9.92. The second kappa shape index (κ2) is 7.78. The molecule has 122 valence electrons. The minimum atomic E-state index is -0.766. The van der Waals surface area contributed by atoms with Gasteiger partial charge in [0.1, 0.15) is 0 Å². The van der Waals surface area contributed by atoms with Crippen LogP contribution in [0.2, 0.25) is 0 Å². The predicted molar refractivity (Wildman–Crippen MR) is 84.7 cm³/mol. The third kappa shape index (κ3) is 5.30. The van der Waals surface area contributed by atoms with Crippen LogP contribution < -0.4 is 11.1 Å². The lowest BCUT2D eigenvalue weighted by Gasteiger charge is -2.37. The summed E-state index contributed by atoms with van der Waals surface area (Å²) >= 11 is 0. The van der Waals surface area contributed by atoms with Crippen molar-refractivity contribution < 1.29 is 9.59 Å². The molecule has 1 saturated heterocycles. The van der Waals surface area contributed by atoms with E-state index < -0.39 is 5.54 Å². The second-order valence-electron chi connectivity index (χ2n) is 6.83. The van der Waals surface area contributed by atoms with E-state index in [0.717, 1.165) is 25.8 Å². The number of carbonyl (C=O) groups excluding carboxylic acids is 2. The number of carbonyl (C=O) groups is 2. The summed E-state index contributed by atoms with van der Waals surface area (Å²) in [7, 11) is 0. The molecule has 2 amide bonds. The number of hydrogen-bond acceptors (Lipinski definition) is 3. The molecular weight excluding hydrogens is 266 g/mol. The van der Waals surface area contributed by atoms with Gasteiger partial charge in [0.15, 0.2) is 0 Å². The van der Waals surface area contributed by atoms with E-state index in [1.807, 2.05) is 32.6 Å². The van der Waals surface area contributed by atoms with E-state index in [1.54, 1.807) is 0 Å². The second-order valence-corrected chi connectivity index (χ2v) is 6.83. The number of nitrogens with two attached hydrogens (primary N) is 1. The summed E-state index contributed by atoms with van der Waals surface area (Å²) in [5.41, 5.74) is 5.38. The van der Waals surface area contributed by atoms with Crippen LogP contribution in [0, 0.1) is 11.8 Å². The maximum Gasteiger partial charge on any atom is 0.242 e. The molecule has 2 unspecified atom stereocenters. The van der Waals surface area contributed by atoms with E-state index in [0.29, 0.717) is 25.4 Å². The molecule has 0 aromatic heterocycles. The van der Waals surface area contributed by atoms with E-state index in [4.69, 9.17) is 5.73 Å². The van der Waals surface area contributed by atoms with Crippen molar-refractivity contribution >= 4 is 11.8 Å². The zero-order chi connectivity index (χ0) is 16.0. The van der Waals surface area contributed by atoms with Crippen LogP contribution in [0.3, 0.4) is 0 Å². The number of nitrogens with one attached hydrogen (secondary N) is 1. The fourth-order valence-electron chi connectivity index (χ4n) is 2.85. The highest BCUT2D eigenvalue weighted by Crippen LogP contribution is 2.20. The summed E-state index contributed by atoms with van der Waals surface area (Å²) in [5.74, 6) is 0.461. The molecule has 0 aromatic rings. The number of piperidine rings is 1. The first kappa shape index (κ1) is 18.0. The van der Waals surface area contributed by atoms with E-state index in [2.05, 4.69) is 5.32 Å². The van der Waals surface area contributed by atoms with Gasteiger partial charge in [0.25, 0.3) is 0 Å². The zero-order valence-electron chi connectivity index (χ0n) is 13.9. The van der Waals surface area contributed by atoms with Crippen LogP contribution in [0.5, 0.6) is 0 Å². The lowest BCUT2D eigenvalue weighted by molar-refractivity contribution is -0.138. The summed E-state index contributed by atoms with van der Waals surface area (Å²) in [4.78, 5) is 26.0. The molecule has 1 rings (SSSR count). The standard InChI is InChI=1S/C16H31N3O2/c1-5-8-16(4,17)15(21)19-9-6-7-13(11-19)10-18-14(20)12(2)3/h12-13H,5-11,17H2,1-4H3,(H,18,20). The van der Waals surface area contributed by atoms with Crippen LogP contribution in [-0.4, -0.2) is 41.9 Å². The van der Waals surface area contributed by atoms with Crippen molar-refractivity contribution in [1.82, 2.24) is 10.2 Å². The third-order valence-corrected chi connectivity index (χ3v) is 4.15. The van der Waals surface area contributed by atoms with Crippen LogP contribution >= 0.6 is 0 Å². The van der Waals surface area contributed by atoms with Crippen molar-refractivity contribution in [3.8, 4) is 0 Å². The maximum absolute atomic E-state index is 12.5. The molecule has 21 heavy (non-hydrogen) atoms. The lowest BCUT2D eigenvalue weighted by Crippen LogP contribution is -2.56. The highest BCUT2D eigenvalue weighted by atomic mass is 16.2. The number of hydrogen-bond donors (Lipinski definition) is 2. The molecule has 0 bridgehead atoms. The molecule has 5 nitrogen and oxygen atoms in total. The van der Waals surface area contributed by atoms with Gasteiger partial charge in [0, 0.05) is 25.6 Å². The van der Waals surface area contributed by atoms with Gasteiger partial charge in [-0.1, -0.05) is 27.2 Å². The molecule has 3 N–H and O–H groups in total. The van der Waals surface area contributed by atoms with Crippen LogP contribution in [-0.2, 0) is 9.59 Å². The molecule has 0 spiro atoms. The molecule has 1 fully saturated rings. The molecular formula is C16H31N3O2. The molecule has 0 aromatic carbocycles. The highest BCUT2D eigenvalue weighted by Gasteiger charge is 2.34. The van der Waals surface area contributed by atoms with E-state index in [1.165, 1.54) is 0 Å². The molecule has 1 aliphatic rings. The van der Waals surface area contributed by atoms with Crippen LogP contribution in [0.1, 0.15) is 53.4 Å². The van der Waals surface area contributed by atoms with Crippen LogP contribution in [0.4, 0.5) is 0 Å². The summed E-state index contributed by atoms with van der Waals surface area (Å²) in [5, 5.41) is 2.97. The molecule has 1 heterocycles. The number of likely N-dealkylation sites (tertiary alicyclic amines) is 1. The SMILES string of the molecule is CCCC(C)(N)C(=O)N1CCCC(CNC(=O)C(C)C)C1. The Morgan fingerprint density at radius 2 is 2.10 bits per heavy atom. The zero-order valence-corrected chi connectivity index (χ0v) is 13.9. The van der Waals surface area contributed by atoms with Crippen molar-refractivity contribution in [3.05, 3.63) is 0 Å². The highest BCUT2D eigenvalue weighted by molar-refractivity contribution is 5.85. The number of amides is 2. The van der Waals surface area contributed by atoms with Crippen molar-refractivity contribution in [2.24, 2.45) is 17.6 Å². The van der Waals surface area contributed by atoms with Gasteiger partial charge in [-0.2, -0.15) is 0 Å². The number of rotatable bonds is 6. The van der Waals surface area contributed by atoms with Crippen molar-refractivity contribution in [3.63, 3.8) is 0 Å². The van der Waals surface area contributed by atoms with Gasteiger partial charge in [0.05, 0.1) is 5.54 Å². The quantitative estimate of drug-likeness (QED) is 0.780. The van der Waals surface area contributed by atoms with Crippen LogP contribution in [0.15, 0.2) is 0 Å². The molecule has 0 aliphatic carbocycles. The van der Waals surface area contributed by atoms with Gasteiger partial charge in [0.2, 0.25) is 11.8 Å². The minimum absolute atomic E-state index is 0.00298. The first-order valence-corrected chi connectivity index (χ1v) is 8.14. The fraction of sp³-hybridized carbons (Fsp3) is 0.875. The first-order valence-electron chi connectivity index (χ1n) is 8.14. The largest absolute Gasteiger partial charge is 0.356 e. The summed E-state index contributed by atoms with van der Waals surface area (Å²) in [6.45, 7) is 9.77. The molecule has 5 heteroatoms. The third-order valence-electron chi connectivity index (χ3n) is 4.15. The Morgan fingerprint density at radius 1 is 1.43 bits per heavy atom. The van der Waals surface area contributed by atoms with Crippen LogP contribution in [0.25, 0.3) is 0 Å². The first-order chi connectivity index (χ1) is 9.77. The Hall–Kier alpha value is -1.10. The summed E-state index contributed by atoms with van der Waals surface area (Å²) in [6, 6.07) is 0. The Kier molecular flexibility index (Phi) is 6.65. The molecule has 2 atom stereocenters. The van der Waals surface area contributed by atoms with Crippen molar-refractivity contribution in [2.45, 2.75) is 58.9 Å². The monoisotopic (exact) mass is 297 g/mol. The minimum Gasteiger partial charge on any atom is -0.356 e. The van der Waals surface area contributed by atoms with E-state index in [-0.39, 0.29) is 17.7 Å². The van der Waals surface area contributed by atoms with Gasteiger partial charge in [-0.3, -0.25) is 9.59 Å². The Labute approximate surface area is 128 Å². The Bertz CT molecular complexity index is 367. The molecule has 0 radical (unpaired) electrons. The Balaban J connectivity index is 2.52. The average Bonchev–Trinajstić information content (AvgIpc) is 2.44. The summed E-state index contributed by atoms with van der Waals surface area (Å²) < 4.78 is 0. The van der Waals surface area contributed by atoms with Gasteiger partial charge in [-0.25, -0.2) is 0 Å². The molecule has 0 saturated carbocycles. The normalized spacial score (nSPS) is 22.0. The van der Waals surface area contributed by atoms with Crippen molar-refractivity contribution in [1.29, 1.82) is 0 Å². The predicted octanol–water partition coefficient (Wildman–Crippen LogP) is 1.51. The Morgan fingerprint density at radius 3 is 2.67 bits per heavy atom. The van der Waals surface area contributed by atoms with Gasteiger partial charge >= 0.3 is 0 Å².